The fourth-order valence-electron chi connectivity index (χ4n) is 1.58. The third kappa shape index (κ3) is 3.11. The quantitative estimate of drug-likeness (QED) is 0.340. The number of hydrogen-bond donors (Lipinski definition) is 3. The number of anilines is 1. The molecule has 1 heterocycles. The molecule has 4 N–H and O–H groups in total. The van der Waals surface area contributed by atoms with Crippen molar-refractivity contribution in [2.75, 3.05) is 4.72 Å². The predicted molar refractivity (Wildman–Crippen MR) is 76.6 cm³/mol. The maximum atomic E-state index is 13.8. The van der Waals surface area contributed by atoms with Crippen LogP contribution in [0.1, 0.15) is 10.6 Å². The predicted octanol–water partition coefficient (Wildman–Crippen LogP) is 1.49. The van der Waals surface area contributed by atoms with Crippen molar-refractivity contribution in [1.82, 2.24) is 4.98 Å². The summed E-state index contributed by atoms with van der Waals surface area (Å²) >= 11 is 0.972. The molecule has 112 valence electrons. The van der Waals surface area contributed by atoms with E-state index in [4.69, 9.17) is 10.9 Å². The molecule has 1 aromatic carbocycles. The highest BCUT2D eigenvalue weighted by Gasteiger charge is 2.21. The highest BCUT2D eigenvalue weighted by molar-refractivity contribution is 7.94. The number of sulfonamides is 1. The van der Waals surface area contributed by atoms with E-state index in [-0.39, 0.29) is 15.5 Å². The van der Waals surface area contributed by atoms with Gasteiger partial charge in [0.1, 0.15) is 5.82 Å². The van der Waals surface area contributed by atoms with Gasteiger partial charge in [-0.2, -0.15) is 0 Å². The standard InChI is InChI=1S/C11H11FN4O3S2/c1-6-14-5-9(20-6)21(18,19)16-8-4-2-3-7(12)10(8)11(13)15-17/h2-5,16-17H,1H3,(H2,13,15). The molecule has 0 saturated carbocycles. The minimum atomic E-state index is -3.93. The first-order valence-electron chi connectivity index (χ1n) is 5.57. The number of nitrogens with zero attached hydrogens (tertiary/aromatic N) is 2. The van der Waals surface area contributed by atoms with Gasteiger partial charge in [0.25, 0.3) is 10.0 Å². The SMILES string of the molecule is Cc1ncc(S(=O)(=O)Nc2cccc(F)c2/C(N)=N/O)s1. The van der Waals surface area contributed by atoms with E-state index in [0.29, 0.717) is 5.01 Å². The topological polar surface area (TPSA) is 118 Å². The van der Waals surface area contributed by atoms with Gasteiger partial charge < -0.3 is 10.9 Å². The third-order valence-electron chi connectivity index (χ3n) is 2.49. The highest BCUT2D eigenvalue weighted by atomic mass is 32.2. The molecule has 0 aliphatic carbocycles. The molecule has 0 atom stereocenters. The van der Waals surface area contributed by atoms with Crippen molar-refractivity contribution >= 4 is 32.9 Å². The fraction of sp³-hybridized carbons (Fsp3) is 0.0909. The molecule has 0 fully saturated rings. The molecule has 2 aromatic rings. The zero-order chi connectivity index (χ0) is 15.6. The Morgan fingerprint density at radius 2 is 2.24 bits per heavy atom. The van der Waals surface area contributed by atoms with Crippen LogP contribution >= 0.6 is 11.3 Å². The number of aromatic nitrogens is 1. The van der Waals surface area contributed by atoms with Crippen LogP contribution in [-0.4, -0.2) is 24.4 Å². The molecule has 0 amide bonds. The van der Waals surface area contributed by atoms with Gasteiger partial charge in [0, 0.05) is 0 Å². The molecule has 1 aromatic heterocycles. The second-order valence-electron chi connectivity index (χ2n) is 3.95. The van der Waals surface area contributed by atoms with Gasteiger partial charge in [-0.15, -0.1) is 11.3 Å². The lowest BCUT2D eigenvalue weighted by Gasteiger charge is -2.11. The lowest BCUT2D eigenvalue weighted by molar-refractivity contribution is 0.318. The van der Waals surface area contributed by atoms with Crippen LogP contribution in [0.15, 0.2) is 33.8 Å². The second-order valence-corrected chi connectivity index (χ2v) is 7.10. The van der Waals surface area contributed by atoms with E-state index >= 15 is 0 Å². The van der Waals surface area contributed by atoms with E-state index in [1.807, 2.05) is 0 Å². The summed E-state index contributed by atoms with van der Waals surface area (Å²) < 4.78 is 40.3. The molecule has 10 heteroatoms. The zero-order valence-electron chi connectivity index (χ0n) is 10.7. The van der Waals surface area contributed by atoms with E-state index in [0.717, 1.165) is 17.4 Å². The van der Waals surface area contributed by atoms with Crippen LogP contribution in [0.3, 0.4) is 0 Å². The number of aryl methyl sites for hydroxylation is 1. The number of nitrogens with two attached hydrogens (primary N) is 1. The highest BCUT2D eigenvalue weighted by Crippen LogP contribution is 2.25. The van der Waals surface area contributed by atoms with Crippen LogP contribution in [0.4, 0.5) is 10.1 Å². The van der Waals surface area contributed by atoms with Gasteiger partial charge in [0.15, 0.2) is 10.0 Å². The number of oxime groups is 1. The second kappa shape index (κ2) is 5.66. The smallest absolute Gasteiger partial charge is 0.273 e. The Kier molecular flexibility index (Phi) is 4.09. The van der Waals surface area contributed by atoms with Crippen LogP contribution < -0.4 is 10.5 Å². The Hall–Kier alpha value is -2.20. The molecule has 21 heavy (non-hydrogen) atoms. The Balaban J connectivity index is 2.47. The first-order valence-corrected chi connectivity index (χ1v) is 7.87. The number of hydrogen-bond acceptors (Lipinski definition) is 6. The molecule has 7 nitrogen and oxygen atoms in total. The average molecular weight is 330 g/mol. The van der Waals surface area contributed by atoms with Crippen molar-refractivity contribution in [2.45, 2.75) is 11.1 Å². The molecule has 0 unspecified atom stereocenters. The summed E-state index contributed by atoms with van der Waals surface area (Å²) in [7, 11) is -3.93. The van der Waals surface area contributed by atoms with Crippen LogP contribution in [0.5, 0.6) is 0 Å². The van der Waals surface area contributed by atoms with Gasteiger partial charge in [0.2, 0.25) is 0 Å². The molecular formula is C11H11FN4O3S2. The summed E-state index contributed by atoms with van der Waals surface area (Å²) in [5, 5.41) is 11.9. The van der Waals surface area contributed by atoms with Crippen LogP contribution in [0.2, 0.25) is 0 Å². The van der Waals surface area contributed by atoms with Gasteiger partial charge in [-0.05, 0) is 19.1 Å². The summed E-state index contributed by atoms with van der Waals surface area (Å²) in [6.07, 6.45) is 1.20. The molecule has 0 aliphatic heterocycles. The number of thiazole rings is 1. The maximum absolute atomic E-state index is 13.8. The molecule has 0 saturated heterocycles. The van der Waals surface area contributed by atoms with E-state index in [2.05, 4.69) is 14.9 Å². The Morgan fingerprint density at radius 1 is 1.52 bits per heavy atom. The maximum Gasteiger partial charge on any atom is 0.273 e. The molecular weight excluding hydrogens is 319 g/mol. The summed E-state index contributed by atoms with van der Waals surface area (Å²) in [4.78, 5) is 3.85. The first-order chi connectivity index (χ1) is 9.85. The average Bonchev–Trinajstić information content (AvgIpc) is 2.85. The molecule has 0 aliphatic rings. The van der Waals surface area contributed by atoms with Crippen molar-refractivity contribution in [1.29, 1.82) is 0 Å². The van der Waals surface area contributed by atoms with Gasteiger partial charge in [-0.25, -0.2) is 17.8 Å². The summed E-state index contributed by atoms with van der Waals surface area (Å²) in [5.74, 6) is -1.35. The van der Waals surface area contributed by atoms with Gasteiger partial charge in [-0.3, -0.25) is 4.72 Å². The van der Waals surface area contributed by atoms with Crippen molar-refractivity contribution in [3.8, 4) is 0 Å². The van der Waals surface area contributed by atoms with Crippen molar-refractivity contribution in [3.63, 3.8) is 0 Å². The Morgan fingerprint density at radius 3 is 2.81 bits per heavy atom. The van der Waals surface area contributed by atoms with E-state index in [9.17, 15) is 12.8 Å². The third-order valence-corrected chi connectivity index (χ3v) is 5.23. The minimum Gasteiger partial charge on any atom is -0.409 e. The number of amidine groups is 1. The van der Waals surface area contributed by atoms with Crippen molar-refractivity contribution < 1.29 is 18.0 Å². The lowest BCUT2D eigenvalue weighted by atomic mass is 10.1. The van der Waals surface area contributed by atoms with Crippen molar-refractivity contribution in [3.05, 3.63) is 40.8 Å². The zero-order valence-corrected chi connectivity index (χ0v) is 12.4. The van der Waals surface area contributed by atoms with Gasteiger partial charge in [0.05, 0.1) is 22.5 Å². The minimum absolute atomic E-state index is 0.0188. The van der Waals surface area contributed by atoms with Crippen LogP contribution in [-0.2, 0) is 10.0 Å². The number of halogens is 1. The summed E-state index contributed by atoms with van der Waals surface area (Å²) in [5.41, 5.74) is 4.92. The summed E-state index contributed by atoms with van der Waals surface area (Å²) in [6, 6.07) is 3.68. The Bertz CT molecular complexity index is 802. The molecule has 0 spiro atoms. The Labute approximate surface area is 124 Å². The van der Waals surface area contributed by atoms with Gasteiger partial charge in [-0.1, -0.05) is 11.2 Å². The number of rotatable bonds is 4. The molecule has 2 rings (SSSR count). The van der Waals surface area contributed by atoms with E-state index in [1.54, 1.807) is 6.92 Å². The lowest BCUT2D eigenvalue weighted by Crippen LogP contribution is -2.20. The largest absolute Gasteiger partial charge is 0.409 e. The van der Waals surface area contributed by atoms with Crippen LogP contribution in [0, 0.1) is 12.7 Å². The van der Waals surface area contributed by atoms with Gasteiger partial charge >= 0.3 is 0 Å². The van der Waals surface area contributed by atoms with E-state index < -0.39 is 21.7 Å². The molecule has 0 bridgehead atoms. The fourth-order valence-corrected chi connectivity index (χ4v) is 3.76. The van der Waals surface area contributed by atoms with Crippen molar-refractivity contribution in [2.24, 2.45) is 10.9 Å². The normalized spacial score (nSPS) is 12.4. The number of benzene rings is 1. The van der Waals surface area contributed by atoms with E-state index in [1.165, 1.54) is 18.3 Å². The van der Waals surface area contributed by atoms with Crippen LogP contribution in [0.25, 0.3) is 0 Å². The first kappa shape index (κ1) is 15.2. The molecule has 0 radical (unpaired) electrons. The summed E-state index contributed by atoms with van der Waals surface area (Å²) in [6.45, 7) is 1.66. The monoisotopic (exact) mass is 330 g/mol. The number of nitrogens with one attached hydrogen (secondary N) is 1.